The van der Waals surface area contributed by atoms with Gasteiger partial charge < -0.3 is 4.74 Å². The zero-order valence-corrected chi connectivity index (χ0v) is 6.68. The van der Waals surface area contributed by atoms with E-state index in [1.165, 1.54) is 0 Å². The molecule has 0 N–H and O–H groups in total. The maximum Gasteiger partial charge on any atom is 0.334 e. The molecule has 1 aliphatic rings. The average Bonchev–Trinajstić information content (AvgIpc) is 2.17. The summed E-state index contributed by atoms with van der Waals surface area (Å²) >= 11 is 0. The maximum absolute atomic E-state index is 10.9. The van der Waals surface area contributed by atoms with E-state index in [2.05, 4.69) is 12.3 Å². The molecular formula is C9H10O2. The summed E-state index contributed by atoms with van der Waals surface area (Å²) in [7, 11) is 0. The Morgan fingerprint density at radius 2 is 2.36 bits per heavy atom. The lowest BCUT2D eigenvalue weighted by Crippen LogP contribution is -2.04. The van der Waals surface area contributed by atoms with Crippen LogP contribution >= 0.6 is 0 Å². The summed E-state index contributed by atoms with van der Waals surface area (Å²) < 4.78 is 4.93. The highest BCUT2D eigenvalue weighted by Gasteiger charge is 2.25. The van der Waals surface area contributed by atoms with Gasteiger partial charge in [0.15, 0.2) is 0 Å². The van der Waals surface area contributed by atoms with Crippen LogP contribution in [-0.4, -0.2) is 12.1 Å². The van der Waals surface area contributed by atoms with Crippen LogP contribution in [0.1, 0.15) is 13.8 Å². The normalized spacial score (nSPS) is 23.1. The second-order valence-electron chi connectivity index (χ2n) is 2.48. The first-order chi connectivity index (χ1) is 5.16. The van der Waals surface area contributed by atoms with Crippen molar-refractivity contribution in [2.45, 2.75) is 20.0 Å². The van der Waals surface area contributed by atoms with Crippen LogP contribution in [0.2, 0.25) is 0 Å². The van der Waals surface area contributed by atoms with Gasteiger partial charge in [0, 0.05) is 11.1 Å². The van der Waals surface area contributed by atoms with Gasteiger partial charge in [0.2, 0.25) is 0 Å². The molecule has 0 aromatic heterocycles. The first kappa shape index (κ1) is 7.83. The number of hydrogen-bond acceptors (Lipinski definition) is 2. The van der Waals surface area contributed by atoms with Gasteiger partial charge in [0.05, 0.1) is 0 Å². The lowest BCUT2D eigenvalue weighted by atomic mass is 10.1. The molecule has 0 amide bonds. The monoisotopic (exact) mass is 150 g/mol. The number of rotatable bonds is 1. The van der Waals surface area contributed by atoms with Crippen LogP contribution in [0.4, 0.5) is 0 Å². The van der Waals surface area contributed by atoms with E-state index in [0.717, 1.165) is 5.57 Å². The molecule has 0 aromatic rings. The summed E-state index contributed by atoms with van der Waals surface area (Å²) in [6.07, 6.45) is 1.54. The molecule has 2 nitrogen and oxygen atoms in total. The molecule has 58 valence electrons. The summed E-state index contributed by atoms with van der Waals surface area (Å²) in [6.45, 7) is 7.01. The highest BCUT2D eigenvalue weighted by molar-refractivity contribution is 5.92. The summed E-state index contributed by atoms with van der Waals surface area (Å²) in [4.78, 5) is 10.9. The Balaban J connectivity index is 3.06. The van der Waals surface area contributed by atoms with E-state index in [9.17, 15) is 4.79 Å². The van der Waals surface area contributed by atoms with Gasteiger partial charge in [0.25, 0.3) is 0 Å². The lowest BCUT2D eigenvalue weighted by Gasteiger charge is -2.01. The average molecular weight is 150 g/mol. The Hall–Kier alpha value is -1.27. The number of carbonyl (C=O) groups is 1. The molecule has 0 aliphatic carbocycles. The quantitative estimate of drug-likeness (QED) is 0.419. The van der Waals surface area contributed by atoms with Gasteiger partial charge in [-0.1, -0.05) is 6.58 Å². The van der Waals surface area contributed by atoms with Gasteiger partial charge in [-0.15, -0.1) is 5.73 Å². The SMILES string of the molecule is C=C=CC1=C(C)C(=O)OC1C. The van der Waals surface area contributed by atoms with Gasteiger partial charge in [0.1, 0.15) is 6.10 Å². The second kappa shape index (κ2) is 2.77. The number of carbonyl (C=O) groups excluding carboxylic acids is 1. The third kappa shape index (κ3) is 1.26. The third-order valence-corrected chi connectivity index (χ3v) is 1.72. The Bertz CT molecular complexity index is 267. The number of ether oxygens (including phenoxy) is 1. The van der Waals surface area contributed by atoms with Crippen LogP contribution in [0.25, 0.3) is 0 Å². The first-order valence-electron chi connectivity index (χ1n) is 3.44. The number of esters is 1. The van der Waals surface area contributed by atoms with Crippen molar-refractivity contribution in [3.63, 3.8) is 0 Å². The fourth-order valence-electron chi connectivity index (χ4n) is 1.07. The largest absolute Gasteiger partial charge is 0.454 e. The van der Waals surface area contributed by atoms with Crippen LogP contribution < -0.4 is 0 Å². The van der Waals surface area contributed by atoms with Crippen LogP contribution in [-0.2, 0) is 9.53 Å². The molecule has 1 atom stereocenters. The summed E-state index contributed by atoms with van der Waals surface area (Å²) in [5, 5.41) is 0. The van der Waals surface area contributed by atoms with Crippen molar-refractivity contribution < 1.29 is 9.53 Å². The molecule has 1 rings (SSSR count). The van der Waals surface area contributed by atoms with Gasteiger partial charge in [-0.3, -0.25) is 0 Å². The van der Waals surface area contributed by atoms with E-state index in [0.29, 0.717) is 5.57 Å². The molecule has 1 aliphatic heterocycles. The predicted molar refractivity (Wildman–Crippen MR) is 42.0 cm³/mol. The van der Waals surface area contributed by atoms with Crippen LogP contribution in [0.3, 0.4) is 0 Å². The van der Waals surface area contributed by atoms with Crippen LogP contribution in [0.5, 0.6) is 0 Å². The van der Waals surface area contributed by atoms with E-state index in [4.69, 9.17) is 4.74 Å². The van der Waals surface area contributed by atoms with E-state index in [1.807, 2.05) is 6.92 Å². The zero-order chi connectivity index (χ0) is 8.43. The fourth-order valence-corrected chi connectivity index (χ4v) is 1.07. The summed E-state index contributed by atoms with van der Waals surface area (Å²) in [6, 6.07) is 0. The van der Waals surface area contributed by atoms with Crippen molar-refractivity contribution in [1.29, 1.82) is 0 Å². The maximum atomic E-state index is 10.9. The molecule has 0 fully saturated rings. The van der Waals surface area contributed by atoms with Crippen molar-refractivity contribution in [3.05, 3.63) is 29.5 Å². The Labute approximate surface area is 65.9 Å². The number of hydrogen-bond donors (Lipinski definition) is 0. The van der Waals surface area contributed by atoms with Gasteiger partial charge in [-0.2, -0.15) is 0 Å². The van der Waals surface area contributed by atoms with E-state index >= 15 is 0 Å². The Morgan fingerprint density at radius 1 is 1.73 bits per heavy atom. The van der Waals surface area contributed by atoms with Crippen molar-refractivity contribution in [2.75, 3.05) is 0 Å². The topological polar surface area (TPSA) is 26.3 Å². The molecule has 0 bridgehead atoms. The minimum atomic E-state index is -0.237. The number of cyclic esters (lactones) is 1. The molecule has 0 saturated carbocycles. The van der Waals surface area contributed by atoms with Crippen molar-refractivity contribution >= 4 is 5.97 Å². The van der Waals surface area contributed by atoms with E-state index in [1.54, 1.807) is 13.0 Å². The molecule has 1 heterocycles. The molecule has 11 heavy (non-hydrogen) atoms. The van der Waals surface area contributed by atoms with Crippen LogP contribution in [0, 0.1) is 0 Å². The van der Waals surface area contributed by atoms with E-state index < -0.39 is 0 Å². The second-order valence-corrected chi connectivity index (χ2v) is 2.48. The zero-order valence-electron chi connectivity index (χ0n) is 6.68. The Kier molecular flexibility index (Phi) is 1.97. The molecule has 1 unspecified atom stereocenters. The summed E-state index contributed by atoms with van der Waals surface area (Å²) in [5.41, 5.74) is 4.17. The van der Waals surface area contributed by atoms with Crippen molar-refractivity contribution in [3.8, 4) is 0 Å². The fraction of sp³-hybridized carbons (Fsp3) is 0.333. The Morgan fingerprint density at radius 3 is 2.73 bits per heavy atom. The minimum Gasteiger partial charge on any atom is -0.454 e. The highest BCUT2D eigenvalue weighted by atomic mass is 16.5. The standard InChI is InChI=1S/C9H10O2/c1-4-5-8-6(2)9(10)11-7(8)3/h5,7H,1H2,2-3H3. The van der Waals surface area contributed by atoms with Crippen LogP contribution in [0.15, 0.2) is 29.5 Å². The molecular weight excluding hydrogens is 140 g/mol. The van der Waals surface area contributed by atoms with Gasteiger partial charge in [-0.05, 0) is 19.9 Å². The molecule has 0 spiro atoms. The molecule has 2 heteroatoms. The molecule has 0 aromatic carbocycles. The predicted octanol–water partition coefficient (Wildman–Crippen LogP) is 1.59. The third-order valence-electron chi connectivity index (χ3n) is 1.72. The molecule has 0 radical (unpaired) electrons. The smallest absolute Gasteiger partial charge is 0.334 e. The van der Waals surface area contributed by atoms with Gasteiger partial charge in [-0.25, -0.2) is 4.79 Å². The molecule has 0 saturated heterocycles. The van der Waals surface area contributed by atoms with Gasteiger partial charge >= 0.3 is 5.97 Å². The van der Waals surface area contributed by atoms with Crippen molar-refractivity contribution in [1.82, 2.24) is 0 Å². The summed E-state index contributed by atoms with van der Waals surface area (Å²) in [5.74, 6) is -0.237. The van der Waals surface area contributed by atoms with E-state index in [-0.39, 0.29) is 12.1 Å². The minimum absolute atomic E-state index is 0.142. The lowest BCUT2D eigenvalue weighted by molar-refractivity contribution is -0.139. The first-order valence-corrected chi connectivity index (χ1v) is 3.44. The highest BCUT2D eigenvalue weighted by Crippen LogP contribution is 2.22. The van der Waals surface area contributed by atoms with Crippen molar-refractivity contribution in [2.24, 2.45) is 0 Å².